The third-order valence-corrected chi connectivity index (χ3v) is 1.75. The van der Waals surface area contributed by atoms with Gasteiger partial charge in [-0.3, -0.25) is 4.90 Å². The molecule has 0 radical (unpaired) electrons. The largest absolute Gasteiger partial charge is 0.385 e. The molecule has 0 rings (SSSR count). The minimum Gasteiger partial charge on any atom is -0.385 e. The first-order valence-electron chi connectivity index (χ1n) is 4.48. The van der Waals surface area contributed by atoms with Crippen LogP contribution in [0.3, 0.4) is 0 Å². The molecule has 0 amide bonds. The number of terminal acetylenes is 1. The summed E-state index contributed by atoms with van der Waals surface area (Å²) in [5, 5.41) is 0. The standard InChI is InChI=1S/C10H19NO2/c1-4-6-11(8-10-13-3)7-5-9-12-2/h1H,5-10H2,2-3H3. The quantitative estimate of drug-likeness (QED) is 0.408. The molecule has 0 bridgehead atoms. The zero-order valence-corrected chi connectivity index (χ0v) is 8.58. The maximum atomic E-state index is 5.24. The summed E-state index contributed by atoms with van der Waals surface area (Å²) in [4.78, 5) is 2.18. The van der Waals surface area contributed by atoms with Gasteiger partial charge in [-0.1, -0.05) is 5.92 Å². The Kier molecular flexibility index (Phi) is 9.12. The van der Waals surface area contributed by atoms with Crippen molar-refractivity contribution < 1.29 is 9.47 Å². The van der Waals surface area contributed by atoms with Crippen LogP contribution in [0.15, 0.2) is 0 Å². The van der Waals surface area contributed by atoms with Gasteiger partial charge in [0, 0.05) is 33.9 Å². The minimum absolute atomic E-state index is 0.688. The Morgan fingerprint density at radius 1 is 1.15 bits per heavy atom. The third-order valence-electron chi connectivity index (χ3n) is 1.75. The van der Waals surface area contributed by atoms with E-state index in [9.17, 15) is 0 Å². The lowest BCUT2D eigenvalue weighted by Crippen LogP contribution is -2.29. The van der Waals surface area contributed by atoms with Crippen molar-refractivity contribution in [3.63, 3.8) is 0 Å². The zero-order chi connectivity index (χ0) is 9.94. The molecule has 0 saturated carbocycles. The lowest BCUT2D eigenvalue weighted by atomic mass is 10.4. The molecule has 13 heavy (non-hydrogen) atoms. The number of hydrogen-bond acceptors (Lipinski definition) is 3. The predicted octanol–water partition coefficient (Wildman–Crippen LogP) is 0.605. The Bertz CT molecular complexity index is 142. The average molecular weight is 185 g/mol. The molecule has 0 aliphatic rings. The fourth-order valence-corrected chi connectivity index (χ4v) is 1.05. The van der Waals surface area contributed by atoms with Gasteiger partial charge in [0.1, 0.15) is 0 Å². The molecule has 0 fully saturated rings. The van der Waals surface area contributed by atoms with E-state index in [1.165, 1.54) is 0 Å². The van der Waals surface area contributed by atoms with Crippen LogP contribution in [0.5, 0.6) is 0 Å². The van der Waals surface area contributed by atoms with Crippen molar-refractivity contribution in [3.05, 3.63) is 0 Å². The van der Waals surface area contributed by atoms with Gasteiger partial charge in [-0.05, 0) is 6.42 Å². The Labute approximate surface area is 81.0 Å². The highest BCUT2D eigenvalue weighted by Crippen LogP contribution is 1.91. The summed E-state index contributed by atoms with van der Waals surface area (Å²) in [6.07, 6.45) is 6.26. The van der Waals surface area contributed by atoms with Gasteiger partial charge < -0.3 is 9.47 Å². The van der Waals surface area contributed by atoms with E-state index in [2.05, 4.69) is 10.8 Å². The maximum Gasteiger partial charge on any atom is 0.0599 e. The molecule has 0 heterocycles. The minimum atomic E-state index is 0.688. The van der Waals surface area contributed by atoms with Crippen molar-refractivity contribution in [2.45, 2.75) is 6.42 Å². The van der Waals surface area contributed by atoms with Crippen LogP contribution in [0.4, 0.5) is 0 Å². The van der Waals surface area contributed by atoms with Crippen molar-refractivity contribution in [1.82, 2.24) is 4.90 Å². The monoisotopic (exact) mass is 185 g/mol. The van der Waals surface area contributed by atoms with Crippen LogP contribution in [0.2, 0.25) is 0 Å². The van der Waals surface area contributed by atoms with Crippen LogP contribution in [-0.2, 0) is 9.47 Å². The van der Waals surface area contributed by atoms with Gasteiger partial charge in [0.25, 0.3) is 0 Å². The van der Waals surface area contributed by atoms with Gasteiger partial charge >= 0.3 is 0 Å². The van der Waals surface area contributed by atoms with Crippen molar-refractivity contribution >= 4 is 0 Å². The van der Waals surface area contributed by atoms with E-state index in [0.717, 1.165) is 32.7 Å². The van der Waals surface area contributed by atoms with Gasteiger partial charge in [-0.25, -0.2) is 0 Å². The SMILES string of the molecule is C#CCN(CCCOC)CCOC. The summed E-state index contributed by atoms with van der Waals surface area (Å²) in [5.74, 6) is 2.63. The fourth-order valence-electron chi connectivity index (χ4n) is 1.05. The number of hydrogen-bond donors (Lipinski definition) is 0. The smallest absolute Gasteiger partial charge is 0.0599 e. The molecular formula is C10H19NO2. The normalized spacial score (nSPS) is 10.3. The van der Waals surface area contributed by atoms with Gasteiger partial charge in [0.15, 0.2) is 0 Å². The molecule has 0 saturated heterocycles. The number of ether oxygens (including phenoxy) is 2. The lowest BCUT2D eigenvalue weighted by molar-refractivity contribution is 0.140. The molecule has 3 nitrogen and oxygen atoms in total. The zero-order valence-electron chi connectivity index (χ0n) is 8.58. The van der Waals surface area contributed by atoms with Crippen molar-refractivity contribution in [2.75, 3.05) is 47.1 Å². The van der Waals surface area contributed by atoms with E-state index in [1.807, 2.05) is 0 Å². The molecule has 0 unspecified atom stereocenters. The van der Waals surface area contributed by atoms with E-state index >= 15 is 0 Å². The van der Waals surface area contributed by atoms with E-state index < -0.39 is 0 Å². The van der Waals surface area contributed by atoms with Crippen molar-refractivity contribution in [2.24, 2.45) is 0 Å². The molecule has 3 heteroatoms. The highest BCUT2D eigenvalue weighted by molar-refractivity contribution is 4.88. The van der Waals surface area contributed by atoms with Crippen LogP contribution in [-0.4, -0.2) is 52.0 Å². The summed E-state index contributed by atoms with van der Waals surface area (Å²) in [7, 11) is 3.41. The second-order valence-electron chi connectivity index (χ2n) is 2.82. The summed E-state index contributed by atoms with van der Waals surface area (Å²) in [6, 6.07) is 0. The van der Waals surface area contributed by atoms with Crippen LogP contribution in [0, 0.1) is 12.3 Å². The Morgan fingerprint density at radius 3 is 2.38 bits per heavy atom. The third kappa shape index (κ3) is 7.79. The van der Waals surface area contributed by atoms with Gasteiger partial charge in [0.2, 0.25) is 0 Å². The average Bonchev–Trinajstić information content (AvgIpc) is 2.14. The number of rotatable bonds is 8. The molecule has 0 aromatic carbocycles. The van der Waals surface area contributed by atoms with Crippen LogP contribution in [0.1, 0.15) is 6.42 Å². The summed E-state index contributed by atoms with van der Waals surface area (Å²) >= 11 is 0. The number of nitrogens with zero attached hydrogens (tertiary/aromatic N) is 1. The molecular weight excluding hydrogens is 166 g/mol. The van der Waals surface area contributed by atoms with E-state index in [-0.39, 0.29) is 0 Å². The van der Waals surface area contributed by atoms with Crippen LogP contribution < -0.4 is 0 Å². The highest BCUT2D eigenvalue weighted by atomic mass is 16.5. The van der Waals surface area contributed by atoms with Gasteiger partial charge in [0.05, 0.1) is 13.2 Å². The highest BCUT2D eigenvalue weighted by Gasteiger charge is 2.01. The van der Waals surface area contributed by atoms with E-state index in [0.29, 0.717) is 6.54 Å². The molecule has 0 aliphatic heterocycles. The second kappa shape index (κ2) is 9.53. The Morgan fingerprint density at radius 2 is 1.85 bits per heavy atom. The molecule has 0 N–H and O–H groups in total. The van der Waals surface area contributed by atoms with E-state index in [4.69, 9.17) is 15.9 Å². The molecule has 0 aromatic heterocycles. The summed E-state index contributed by atoms with van der Waals surface area (Å²) in [5.41, 5.74) is 0. The topological polar surface area (TPSA) is 21.7 Å². The first kappa shape index (κ1) is 12.4. The first-order valence-corrected chi connectivity index (χ1v) is 4.48. The van der Waals surface area contributed by atoms with Crippen LogP contribution >= 0.6 is 0 Å². The number of methoxy groups -OCH3 is 2. The first-order chi connectivity index (χ1) is 6.35. The molecule has 0 spiro atoms. The lowest BCUT2D eigenvalue weighted by Gasteiger charge is -2.18. The Balaban J connectivity index is 3.48. The maximum absolute atomic E-state index is 5.24. The fraction of sp³-hybridized carbons (Fsp3) is 0.800. The van der Waals surface area contributed by atoms with Crippen molar-refractivity contribution in [1.29, 1.82) is 0 Å². The molecule has 0 aliphatic carbocycles. The molecule has 76 valence electrons. The van der Waals surface area contributed by atoms with Gasteiger partial charge in [-0.15, -0.1) is 6.42 Å². The molecule has 0 aromatic rings. The van der Waals surface area contributed by atoms with Crippen molar-refractivity contribution in [3.8, 4) is 12.3 Å². The van der Waals surface area contributed by atoms with E-state index in [1.54, 1.807) is 14.2 Å². The molecule has 0 atom stereocenters. The van der Waals surface area contributed by atoms with Gasteiger partial charge in [-0.2, -0.15) is 0 Å². The Hall–Kier alpha value is -0.560. The van der Waals surface area contributed by atoms with Crippen LogP contribution in [0.25, 0.3) is 0 Å². The predicted molar refractivity (Wildman–Crippen MR) is 53.6 cm³/mol. The summed E-state index contributed by atoms with van der Waals surface area (Å²) in [6.45, 7) is 4.07. The second-order valence-corrected chi connectivity index (χ2v) is 2.82. The summed E-state index contributed by atoms with van der Waals surface area (Å²) < 4.78 is 9.95.